The summed E-state index contributed by atoms with van der Waals surface area (Å²) in [6.45, 7) is 9.23. The lowest BCUT2D eigenvalue weighted by molar-refractivity contribution is -0.117. The van der Waals surface area contributed by atoms with E-state index in [0.717, 1.165) is 27.9 Å². The number of rotatable bonds is 5. The lowest BCUT2D eigenvalue weighted by Crippen LogP contribution is -2.41. The molecule has 0 saturated carbocycles. The summed E-state index contributed by atoms with van der Waals surface area (Å²) in [5.74, 6) is -0.397. The van der Waals surface area contributed by atoms with Crippen LogP contribution in [-0.2, 0) is 14.8 Å². The van der Waals surface area contributed by atoms with Crippen LogP contribution in [0.5, 0.6) is 0 Å². The Morgan fingerprint density at radius 2 is 1.44 bits per heavy atom. The van der Waals surface area contributed by atoms with E-state index in [0.29, 0.717) is 0 Å². The fraction of sp³-hybridized carbons (Fsp3) is 0.316. The Labute approximate surface area is 149 Å². The SMILES string of the molecule is Cc1ccc(S(=O)(=O)N[C@H](C)C(=O)Nc2c(C)cc(C)cc2C)cc1. The summed E-state index contributed by atoms with van der Waals surface area (Å²) in [5, 5.41) is 2.82. The molecule has 0 saturated heterocycles. The largest absolute Gasteiger partial charge is 0.324 e. The van der Waals surface area contributed by atoms with Crippen molar-refractivity contribution in [3.63, 3.8) is 0 Å². The van der Waals surface area contributed by atoms with Gasteiger partial charge in [-0.15, -0.1) is 0 Å². The van der Waals surface area contributed by atoms with Gasteiger partial charge < -0.3 is 5.32 Å². The van der Waals surface area contributed by atoms with E-state index in [9.17, 15) is 13.2 Å². The van der Waals surface area contributed by atoms with Crippen molar-refractivity contribution >= 4 is 21.6 Å². The molecular weight excluding hydrogens is 336 g/mol. The van der Waals surface area contributed by atoms with E-state index in [4.69, 9.17) is 0 Å². The van der Waals surface area contributed by atoms with Gasteiger partial charge in [0, 0.05) is 5.69 Å². The van der Waals surface area contributed by atoms with E-state index in [1.165, 1.54) is 19.1 Å². The Morgan fingerprint density at radius 1 is 0.920 bits per heavy atom. The van der Waals surface area contributed by atoms with Gasteiger partial charge in [-0.2, -0.15) is 4.72 Å². The summed E-state index contributed by atoms with van der Waals surface area (Å²) in [6, 6.07) is 9.54. The Kier molecular flexibility index (Phi) is 5.65. The average molecular weight is 360 g/mol. The van der Waals surface area contributed by atoms with Gasteiger partial charge in [0.25, 0.3) is 0 Å². The molecule has 0 aliphatic carbocycles. The van der Waals surface area contributed by atoms with Crippen LogP contribution in [0.4, 0.5) is 5.69 Å². The first-order valence-corrected chi connectivity index (χ1v) is 9.56. The third-order valence-electron chi connectivity index (χ3n) is 3.98. The molecular formula is C19H24N2O3S. The summed E-state index contributed by atoms with van der Waals surface area (Å²) >= 11 is 0. The van der Waals surface area contributed by atoms with Gasteiger partial charge in [-0.25, -0.2) is 8.42 Å². The predicted octanol–water partition coefficient (Wildman–Crippen LogP) is 3.23. The molecule has 5 nitrogen and oxygen atoms in total. The van der Waals surface area contributed by atoms with Crippen molar-refractivity contribution in [3.8, 4) is 0 Å². The number of carbonyl (C=O) groups is 1. The number of sulfonamides is 1. The van der Waals surface area contributed by atoms with Gasteiger partial charge in [-0.1, -0.05) is 35.4 Å². The van der Waals surface area contributed by atoms with E-state index < -0.39 is 22.0 Å². The molecule has 0 aromatic heterocycles. The Hall–Kier alpha value is -2.18. The van der Waals surface area contributed by atoms with Crippen LogP contribution in [0, 0.1) is 27.7 Å². The van der Waals surface area contributed by atoms with Crippen LogP contribution < -0.4 is 10.0 Å². The second kappa shape index (κ2) is 7.37. The zero-order chi connectivity index (χ0) is 18.8. The van der Waals surface area contributed by atoms with E-state index >= 15 is 0 Å². The molecule has 1 amide bonds. The fourth-order valence-corrected chi connectivity index (χ4v) is 3.88. The van der Waals surface area contributed by atoms with Gasteiger partial charge in [0.2, 0.25) is 15.9 Å². The van der Waals surface area contributed by atoms with E-state index in [-0.39, 0.29) is 4.90 Å². The Balaban J connectivity index is 2.14. The predicted molar refractivity (Wildman–Crippen MR) is 100 cm³/mol. The molecule has 0 bridgehead atoms. The van der Waals surface area contributed by atoms with Crippen molar-refractivity contribution in [1.29, 1.82) is 0 Å². The highest BCUT2D eigenvalue weighted by molar-refractivity contribution is 7.89. The molecule has 2 N–H and O–H groups in total. The maximum atomic E-state index is 12.4. The van der Waals surface area contributed by atoms with Crippen molar-refractivity contribution in [2.45, 2.75) is 45.6 Å². The molecule has 0 aliphatic heterocycles. The third-order valence-corrected chi connectivity index (χ3v) is 5.54. The Morgan fingerprint density at radius 3 is 1.96 bits per heavy atom. The maximum absolute atomic E-state index is 12.4. The molecule has 6 heteroatoms. The first-order chi connectivity index (χ1) is 11.6. The Bertz CT molecular complexity index is 864. The number of hydrogen-bond donors (Lipinski definition) is 2. The molecule has 2 rings (SSSR count). The number of aryl methyl sites for hydroxylation is 4. The first kappa shape index (κ1) is 19.1. The van der Waals surface area contributed by atoms with Crippen molar-refractivity contribution in [2.24, 2.45) is 0 Å². The second-order valence-corrected chi connectivity index (χ2v) is 8.13. The summed E-state index contributed by atoms with van der Waals surface area (Å²) in [4.78, 5) is 12.6. The topological polar surface area (TPSA) is 75.3 Å². The average Bonchev–Trinajstić information content (AvgIpc) is 2.50. The third kappa shape index (κ3) is 4.67. The number of amides is 1. The lowest BCUT2D eigenvalue weighted by atomic mass is 10.0. The van der Waals surface area contributed by atoms with E-state index in [1.54, 1.807) is 12.1 Å². The molecule has 25 heavy (non-hydrogen) atoms. The van der Waals surface area contributed by atoms with Gasteiger partial charge >= 0.3 is 0 Å². The minimum Gasteiger partial charge on any atom is -0.324 e. The van der Waals surface area contributed by atoms with Gasteiger partial charge in [0.05, 0.1) is 10.9 Å². The van der Waals surface area contributed by atoms with E-state index in [1.807, 2.05) is 39.8 Å². The first-order valence-electron chi connectivity index (χ1n) is 8.08. The molecule has 0 unspecified atom stereocenters. The quantitative estimate of drug-likeness (QED) is 0.860. The van der Waals surface area contributed by atoms with Crippen LogP contribution >= 0.6 is 0 Å². The summed E-state index contributed by atoms with van der Waals surface area (Å²) in [5.41, 5.74) is 4.69. The number of benzene rings is 2. The molecule has 134 valence electrons. The van der Waals surface area contributed by atoms with Crippen LogP contribution in [-0.4, -0.2) is 20.4 Å². The molecule has 0 fully saturated rings. The summed E-state index contributed by atoms with van der Waals surface area (Å²) in [7, 11) is -3.75. The molecule has 0 spiro atoms. The molecule has 2 aromatic rings. The molecule has 0 aliphatic rings. The maximum Gasteiger partial charge on any atom is 0.242 e. The fourth-order valence-electron chi connectivity index (χ4n) is 2.68. The van der Waals surface area contributed by atoms with Gasteiger partial charge in [-0.05, 0) is 57.9 Å². The smallest absolute Gasteiger partial charge is 0.242 e. The van der Waals surface area contributed by atoms with Crippen LogP contribution in [0.1, 0.15) is 29.2 Å². The second-order valence-electron chi connectivity index (χ2n) is 6.42. The summed E-state index contributed by atoms with van der Waals surface area (Å²) in [6.07, 6.45) is 0. The van der Waals surface area contributed by atoms with Crippen molar-refractivity contribution in [1.82, 2.24) is 4.72 Å². The highest BCUT2D eigenvalue weighted by Crippen LogP contribution is 2.22. The van der Waals surface area contributed by atoms with Crippen molar-refractivity contribution < 1.29 is 13.2 Å². The number of anilines is 1. The normalized spacial score (nSPS) is 12.7. The molecule has 0 radical (unpaired) electrons. The highest BCUT2D eigenvalue weighted by Gasteiger charge is 2.22. The van der Waals surface area contributed by atoms with Crippen LogP contribution in [0.2, 0.25) is 0 Å². The van der Waals surface area contributed by atoms with Crippen LogP contribution in [0.15, 0.2) is 41.3 Å². The van der Waals surface area contributed by atoms with Gasteiger partial charge in [0.1, 0.15) is 0 Å². The zero-order valence-electron chi connectivity index (χ0n) is 15.2. The van der Waals surface area contributed by atoms with Crippen LogP contribution in [0.3, 0.4) is 0 Å². The minimum atomic E-state index is -3.75. The van der Waals surface area contributed by atoms with Gasteiger partial charge in [-0.3, -0.25) is 4.79 Å². The van der Waals surface area contributed by atoms with E-state index in [2.05, 4.69) is 10.0 Å². The summed E-state index contributed by atoms with van der Waals surface area (Å²) < 4.78 is 27.2. The van der Waals surface area contributed by atoms with Crippen LogP contribution in [0.25, 0.3) is 0 Å². The lowest BCUT2D eigenvalue weighted by Gasteiger charge is -2.17. The standard InChI is InChI=1S/C19H24N2O3S/c1-12-6-8-17(9-7-12)25(23,24)21-16(5)19(22)20-18-14(3)10-13(2)11-15(18)4/h6-11,16,21H,1-5H3,(H,20,22)/t16-/m1/s1. The number of nitrogens with one attached hydrogen (secondary N) is 2. The number of hydrogen-bond acceptors (Lipinski definition) is 3. The van der Waals surface area contributed by atoms with Gasteiger partial charge in [0.15, 0.2) is 0 Å². The van der Waals surface area contributed by atoms with Crippen molar-refractivity contribution in [3.05, 3.63) is 58.7 Å². The zero-order valence-corrected chi connectivity index (χ0v) is 16.0. The molecule has 1 atom stereocenters. The number of carbonyl (C=O) groups excluding carboxylic acids is 1. The highest BCUT2D eigenvalue weighted by atomic mass is 32.2. The monoisotopic (exact) mass is 360 g/mol. The van der Waals surface area contributed by atoms with Crippen molar-refractivity contribution in [2.75, 3.05) is 5.32 Å². The molecule has 2 aromatic carbocycles. The molecule has 0 heterocycles. The minimum absolute atomic E-state index is 0.139.